The molecule has 1 heterocycles. The van der Waals surface area contributed by atoms with Gasteiger partial charge < -0.3 is 4.74 Å². The highest BCUT2D eigenvalue weighted by Gasteiger charge is 2.32. The molecule has 4 aromatic carbocycles. The summed E-state index contributed by atoms with van der Waals surface area (Å²) in [7, 11) is 0. The number of fused-ring (bicyclic) bond motifs is 1. The van der Waals surface area contributed by atoms with Crippen LogP contribution < -0.4 is 4.74 Å². The molecule has 37 heavy (non-hydrogen) atoms. The molecule has 0 radical (unpaired) electrons. The first-order valence-electron chi connectivity index (χ1n) is 12.2. The van der Waals surface area contributed by atoms with Gasteiger partial charge in [0, 0.05) is 6.54 Å². The summed E-state index contributed by atoms with van der Waals surface area (Å²) in [4.78, 5) is 20.4. The first-order valence-corrected chi connectivity index (χ1v) is 13.8. The smallest absolute Gasteiger partial charge is 0.266 e. The zero-order valence-corrected chi connectivity index (χ0v) is 23.4. The average molecular weight is 572 g/mol. The number of amides is 1. The SMILES string of the molecule is CCN1C(=O)/C(=C\c2ccc(OCc3cccc4ccccc34)c(Br)c2)SC1=Nc1c(C)cccc1C. The van der Waals surface area contributed by atoms with Crippen molar-refractivity contribution in [1.82, 2.24) is 4.90 Å². The molecule has 0 spiro atoms. The minimum Gasteiger partial charge on any atom is -0.488 e. The molecular weight excluding hydrogens is 544 g/mol. The van der Waals surface area contributed by atoms with Gasteiger partial charge in [-0.1, -0.05) is 66.7 Å². The Bertz CT molecular complexity index is 1530. The third-order valence-corrected chi connectivity index (χ3v) is 7.99. The summed E-state index contributed by atoms with van der Waals surface area (Å²) in [6, 6.07) is 26.6. The largest absolute Gasteiger partial charge is 0.488 e. The van der Waals surface area contributed by atoms with Crippen LogP contribution in [0.25, 0.3) is 16.8 Å². The Hall–Kier alpha value is -3.35. The second-order valence-corrected chi connectivity index (χ2v) is 10.8. The number of likely N-dealkylation sites (N-methyl/N-ethyl adjacent to an activating group) is 1. The molecule has 4 aromatic rings. The number of para-hydroxylation sites is 1. The molecule has 0 unspecified atom stereocenters. The van der Waals surface area contributed by atoms with Gasteiger partial charge in [-0.3, -0.25) is 9.69 Å². The summed E-state index contributed by atoms with van der Waals surface area (Å²) in [5.41, 5.74) is 5.17. The molecule has 0 bridgehead atoms. The lowest BCUT2D eigenvalue weighted by atomic mass is 10.1. The van der Waals surface area contributed by atoms with Crippen molar-refractivity contribution < 1.29 is 9.53 Å². The molecule has 0 atom stereocenters. The minimum atomic E-state index is -0.0232. The standard InChI is InChI=1S/C31H27BrN2O2S/c1-4-34-30(35)28(37-31(34)33-29-20(2)9-7-10-21(29)3)18-22-15-16-27(26(32)17-22)36-19-24-13-8-12-23-11-5-6-14-25(23)24/h5-18H,4,19H2,1-3H3/b28-18+,33-31?. The normalized spacial score (nSPS) is 15.8. The zero-order chi connectivity index (χ0) is 25.9. The summed E-state index contributed by atoms with van der Waals surface area (Å²) in [5, 5.41) is 3.10. The van der Waals surface area contributed by atoms with Crippen LogP contribution in [0.5, 0.6) is 5.75 Å². The van der Waals surface area contributed by atoms with E-state index in [-0.39, 0.29) is 5.91 Å². The fourth-order valence-electron chi connectivity index (χ4n) is 4.40. The fourth-order valence-corrected chi connectivity index (χ4v) is 5.96. The Labute approximate surface area is 230 Å². The van der Waals surface area contributed by atoms with Crippen LogP contribution in [0.2, 0.25) is 0 Å². The van der Waals surface area contributed by atoms with Crippen molar-refractivity contribution in [3.05, 3.63) is 110 Å². The fraction of sp³-hybridized carbons (Fsp3) is 0.161. The first kappa shape index (κ1) is 25.3. The van der Waals surface area contributed by atoms with E-state index >= 15 is 0 Å². The summed E-state index contributed by atoms with van der Waals surface area (Å²) < 4.78 is 6.99. The lowest BCUT2D eigenvalue weighted by molar-refractivity contribution is -0.122. The van der Waals surface area contributed by atoms with Gasteiger partial charge in [-0.15, -0.1) is 0 Å². The number of halogens is 1. The summed E-state index contributed by atoms with van der Waals surface area (Å²) in [6.45, 7) is 7.10. The van der Waals surface area contributed by atoms with Crippen LogP contribution in [0.4, 0.5) is 5.69 Å². The highest BCUT2D eigenvalue weighted by Crippen LogP contribution is 2.36. The number of carbonyl (C=O) groups excluding carboxylic acids is 1. The van der Waals surface area contributed by atoms with E-state index in [1.165, 1.54) is 22.5 Å². The maximum absolute atomic E-state index is 13.1. The van der Waals surface area contributed by atoms with Gasteiger partial charge in [0.15, 0.2) is 5.17 Å². The van der Waals surface area contributed by atoms with Gasteiger partial charge in [0.05, 0.1) is 15.1 Å². The van der Waals surface area contributed by atoms with Gasteiger partial charge in [0.1, 0.15) is 12.4 Å². The monoisotopic (exact) mass is 570 g/mol. The number of thioether (sulfide) groups is 1. The van der Waals surface area contributed by atoms with Crippen LogP contribution in [-0.2, 0) is 11.4 Å². The van der Waals surface area contributed by atoms with E-state index in [4.69, 9.17) is 9.73 Å². The van der Waals surface area contributed by atoms with Crippen molar-refractivity contribution in [2.75, 3.05) is 6.54 Å². The number of aryl methyl sites for hydroxylation is 2. The van der Waals surface area contributed by atoms with E-state index in [2.05, 4.69) is 46.3 Å². The quantitative estimate of drug-likeness (QED) is 0.218. The van der Waals surface area contributed by atoms with E-state index in [1.807, 2.05) is 75.4 Å². The third-order valence-electron chi connectivity index (χ3n) is 6.37. The Balaban J connectivity index is 1.36. The van der Waals surface area contributed by atoms with Gasteiger partial charge in [-0.05, 0) is 99.7 Å². The van der Waals surface area contributed by atoms with E-state index in [0.717, 1.165) is 38.2 Å². The van der Waals surface area contributed by atoms with Crippen molar-refractivity contribution in [2.24, 2.45) is 4.99 Å². The van der Waals surface area contributed by atoms with E-state index < -0.39 is 0 Å². The highest BCUT2D eigenvalue weighted by molar-refractivity contribution is 9.10. The second-order valence-electron chi connectivity index (χ2n) is 8.91. The third kappa shape index (κ3) is 5.36. The van der Waals surface area contributed by atoms with Gasteiger partial charge in [0.25, 0.3) is 5.91 Å². The molecule has 0 aromatic heterocycles. The minimum absolute atomic E-state index is 0.0232. The van der Waals surface area contributed by atoms with Crippen molar-refractivity contribution in [3.63, 3.8) is 0 Å². The lowest BCUT2D eigenvalue weighted by Gasteiger charge is -2.13. The Kier molecular flexibility index (Phi) is 7.49. The molecule has 186 valence electrons. The lowest BCUT2D eigenvalue weighted by Crippen LogP contribution is -2.28. The predicted octanol–water partition coefficient (Wildman–Crippen LogP) is 8.42. The molecule has 1 fully saturated rings. The van der Waals surface area contributed by atoms with E-state index in [0.29, 0.717) is 23.2 Å². The highest BCUT2D eigenvalue weighted by atomic mass is 79.9. The number of amidine groups is 1. The summed E-state index contributed by atoms with van der Waals surface area (Å²) in [5.74, 6) is 0.734. The summed E-state index contributed by atoms with van der Waals surface area (Å²) in [6.07, 6.45) is 1.92. The Morgan fingerprint density at radius 2 is 1.70 bits per heavy atom. The van der Waals surface area contributed by atoms with Gasteiger partial charge >= 0.3 is 0 Å². The van der Waals surface area contributed by atoms with Crippen LogP contribution in [0.3, 0.4) is 0 Å². The number of hydrogen-bond donors (Lipinski definition) is 0. The summed E-state index contributed by atoms with van der Waals surface area (Å²) >= 11 is 5.07. The number of hydrogen-bond acceptors (Lipinski definition) is 4. The number of benzene rings is 4. The van der Waals surface area contributed by atoms with Crippen LogP contribution >= 0.6 is 27.7 Å². The van der Waals surface area contributed by atoms with Crippen molar-refractivity contribution in [2.45, 2.75) is 27.4 Å². The molecule has 0 N–H and O–H groups in total. The van der Waals surface area contributed by atoms with Crippen molar-refractivity contribution >= 4 is 61.3 Å². The van der Waals surface area contributed by atoms with Gasteiger partial charge in [-0.2, -0.15) is 0 Å². The van der Waals surface area contributed by atoms with Crippen LogP contribution in [0.1, 0.15) is 29.2 Å². The van der Waals surface area contributed by atoms with Gasteiger partial charge in [-0.25, -0.2) is 4.99 Å². The number of carbonyl (C=O) groups is 1. The molecule has 5 rings (SSSR count). The van der Waals surface area contributed by atoms with Crippen molar-refractivity contribution in [3.8, 4) is 5.75 Å². The van der Waals surface area contributed by atoms with Crippen molar-refractivity contribution in [1.29, 1.82) is 0 Å². The molecule has 6 heteroatoms. The Morgan fingerprint density at radius 3 is 2.46 bits per heavy atom. The number of aliphatic imine (C=N–C) groups is 1. The molecule has 1 saturated heterocycles. The van der Waals surface area contributed by atoms with Crippen LogP contribution in [0.15, 0.2) is 93.2 Å². The molecule has 1 amide bonds. The van der Waals surface area contributed by atoms with E-state index in [1.54, 1.807) is 4.90 Å². The number of nitrogens with zero attached hydrogens (tertiary/aromatic N) is 2. The number of rotatable bonds is 6. The molecule has 0 saturated carbocycles. The molecule has 1 aliphatic heterocycles. The van der Waals surface area contributed by atoms with Crippen LogP contribution in [-0.4, -0.2) is 22.5 Å². The topological polar surface area (TPSA) is 41.9 Å². The molecule has 1 aliphatic rings. The maximum Gasteiger partial charge on any atom is 0.266 e. The Morgan fingerprint density at radius 1 is 0.973 bits per heavy atom. The molecule has 4 nitrogen and oxygen atoms in total. The average Bonchev–Trinajstić information content (AvgIpc) is 3.19. The van der Waals surface area contributed by atoms with Gasteiger partial charge in [0.2, 0.25) is 0 Å². The molecule has 0 aliphatic carbocycles. The predicted molar refractivity (Wildman–Crippen MR) is 158 cm³/mol. The van der Waals surface area contributed by atoms with E-state index in [9.17, 15) is 4.79 Å². The van der Waals surface area contributed by atoms with Crippen LogP contribution in [0, 0.1) is 13.8 Å². The maximum atomic E-state index is 13.1. The second kappa shape index (κ2) is 11.0. The number of ether oxygens (including phenoxy) is 1. The first-order chi connectivity index (χ1) is 17.9. The zero-order valence-electron chi connectivity index (χ0n) is 21.0. The molecular formula is C31H27BrN2O2S.